The van der Waals surface area contributed by atoms with E-state index in [0.717, 1.165) is 5.56 Å². The van der Waals surface area contributed by atoms with Crippen molar-refractivity contribution in [1.29, 1.82) is 0 Å². The summed E-state index contributed by atoms with van der Waals surface area (Å²) in [5, 5.41) is 12.0. The van der Waals surface area contributed by atoms with Gasteiger partial charge in [0.15, 0.2) is 11.5 Å². The van der Waals surface area contributed by atoms with Gasteiger partial charge in [-0.15, -0.1) is 0 Å². The maximum atomic E-state index is 12.3. The number of ether oxygens (including phenoxy) is 3. The van der Waals surface area contributed by atoms with Crippen molar-refractivity contribution in [3.05, 3.63) is 59.7 Å². The Morgan fingerprint density at radius 1 is 1.03 bits per heavy atom. The molecule has 0 fully saturated rings. The molecule has 1 amide bonds. The number of methoxy groups -OCH3 is 2. The highest BCUT2D eigenvalue weighted by atomic mass is 16.5. The van der Waals surface area contributed by atoms with Crippen molar-refractivity contribution < 1.29 is 28.9 Å². The van der Waals surface area contributed by atoms with E-state index < -0.39 is 12.0 Å². The lowest BCUT2D eigenvalue weighted by molar-refractivity contribution is -0.137. The minimum Gasteiger partial charge on any atom is -0.493 e. The second kappa shape index (κ2) is 11.7. The van der Waals surface area contributed by atoms with Gasteiger partial charge < -0.3 is 24.6 Å². The molecule has 0 aliphatic heterocycles. The highest BCUT2D eigenvalue weighted by Crippen LogP contribution is 2.31. The van der Waals surface area contributed by atoms with Gasteiger partial charge in [0.2, 0.25) is 5.91 Å². The predicted molar refractivity (Wildman–Crippen MR) is 108 cm³/mol. The van der Waals surface area contributed by atoms with Crippen LogP contribution in [0.15, 0.2) is 48.5 Å². The van der Waals surface area contributed by atoms with Gasteiger partial charge in [0, 0.05) is 13.0 Å². The first-order valence-corrected chi connectivity index (χ1v) is 9.38. The number of carbonyl (C=O) groups excluding carboxylic acids is 1. The SMILES string of the molecule is COc1ccc([C@H](CC(=O)O)NC(=O)CCCOCc2ccccc2)cc1OC. The molecule has 29 heavy (non-hydrogen) atoms. The Morgan fingerprint density at radius 3 is 2.41 bits per heavy atom. The Labute approximate surface area is 170 Å². The third-order valence-electron chi connectivity index (χ3n) is 4.33. The molecule has 0 radical (unpaired) electrons. The molecule has 156 valence electrons. The molecule has 0 aromatic heterocycles. The lowest BCUT2D eigenvalue weighted by Gasteiger charge is -2.19. The highest BCUT2D eigenvalue weighted by molar-refractivity contribution is 5.77. The summed E-state index contributed by atoms with van der Waals surface area (Å²) in [5.41, 5.74) is 1.71. The van der Waals surface area contributed by atoms with Gasteiger partial charge in [-0.05, 0) is 29.7 Å². The number of amides is 1. The van der Waals surface area contributed by atoms with Gasteiger partial charge in [0.25, 0.3) is 0 Å². The van der Waals surface area contributed by atoms with E-state index in [-0.39, 0.29) is 18.7 Å². The van der Waals surface area contributed by atoms with Crippen LogP contribution < -0.4 is 14.8 Å². The van der Waals surface area contributed by atoms with Crippen LogP contribution in [0.25, 0.3) is 0 Å². The zero-order valence-corrected chi connectivity index (χ0v) is 16.7. The topological polar surface area (TPSA) is 94.1 Å². The molecule has 7 heteroatoms. The molecule has 0 bridgehead atoms. The van der Waals surface area contributed by atoms with Gasteiger partial charge >= 0.3 is 5.97 Å². The molecule has 2 rings (SSSR count). The number of carboxylic acid groups (broad SMARTS) is 1. The second-order valence-electron chi connectivity index (χ2n) is 6.47. The summed E-state index contributed by atoms with van der Waals surface area (Å²) in [6.45, 7) is 0.942. The minimum atomic E-state index is -1.00. The second-order valence-corrected chi connectivity index (χ2v) is 6.47. The van der Waals surface area contributed by atoms with E-state index in [4.69, 9.17) is 14.2 Å². The van der Waals surface area contributed by atoms with E-state index >= 15 is 0 Å². The van der Waals surface area contributed by atoms with Gasteiger partial charge in [-0.25, -0.2) is 0 Å². The largest absolute Gasteiger partial charge is 0.493 e. The van der Waals surface area contributed by atoms with E-state index in [1.165, 1.54) is 14.2 Å². The Hall–Kier alpha value is -3.06. The molecule has 1 atom stereocenters. The summed E-state index contributed by atoms with van der Waals surface area (Å²) >= 11 is 0. The predicted octanol–water partition coefficient (Wildman–Crippen LogP) is 3.33. The van der Waals surface area contributed by atoms with E-state index in [9.17, 15) is 14.7 Å². The number of nitrogens with one attached hydrogen (secondary N) is 1. The van der Waals surface area contributed by atoms with Crippen LogP contribution in [-0.2, 0) is 20.9 Å². The lowest BCUT2D eigenvalue weighted by atomic mass is 10.0. The summed E-state index contributed by atoms with van der Waals surface area (Å²) in [4.78, 5) is 23.6. The molecule has 0 heterocycles. The van der Waals surface area contributed by atoms with E-state index in [1.54, 1.807) is 18.2 Å². The van der Waals surface area contributed by atoms with E-state index in [1.807, 2.05) is 30.3 Å². The fourth-order valence-electron chi connectivity index (χ4n) is 2.86. The van der Waals surface area contributed by atoms with Gasteiger partial charge in [-0.1, -0.05) is 36.4 Å². The summed E-state index contributed by atoms with van der Waals surface area (Å²) in [5.74, 6) is -0.221. The Kier molecular flexibility index (Phi) is 8.98. The molecule has 0 saturated heterocycles. The molecule has 0 spiro atoms. The molecular formula is C22H27NO6. The third kappa shape index (κ3) is 7.46. The number of benzene rings is 2. The molecule has 2 N–H and O–H groups in total. The first-order valence-electron chi connectivity index (χ1n) is 9.38. The van der Waals surface area contributed by atoms with Gasteiger partial charge in [-0.3, -0.25) is 9.59 Å². The molecule has 2 aromatic carbocycles. The Balaban J connectivity index is 1.87. The number of carboxylic acids is 1. The standard InChI is InChI=1S/C22H27NO6/c1-27-19-11-10-17(13-20(19)28-2)18(14-22(25)26)23-21(24)9-6-12-29-15-16-7-4-3-5-8-16/h3-5,7-8,10-11,13,18H,6,9,12,14-15H2,1-2H3,(H,23,24)(H,25,26)/t18-/m0/s1. The number of hydrogen-bond acceptors (Lipinski definition) is 5. The first kappa shape index (κ1) is 22.2. The summed E-state index contributed by atoms with van der Waals surface area (Å²) in [7, 11) is 3.02. The van der Waals surface area contributed by atoms with Crippen LogP contribution in [0, 0.1) is 0 Å². The van der Waals surface area contributed by atoms with Gasteiger partial charge in [0.05, 0.1) is 33.3 Å². The van der Waals surface area contributed by atoms with Crippen molar-refractivity contribution in [3.63, 3.8) is 0 Å². The minimum absolute atomic E-state index is 0.227. The zero-order chi connectivity index (χ0) is 21.1. The lowest BCUT2D eigenvalue weighted by Crippen LogP contribution is -2.30. The summed E-state index contributed by atoms with van der Waals surface area (Å²) < 4.78 is 16.0. The van der Waals surface area contributed by atoms with Crippen molar-refractivity contribution >= 4 is 11.9 Å². The third-order valence-corrected chi connectivity index (χ3v) is 4.33. The quantitative estimate of drug-likeness (QED) is 0.530. The maximum Gasteiger partial charge on any atom is 0.305 e. The molecule has 0 saturated carbocycles. The molecule has 2 aromatic rings. The van der Waals surface area contributed by atoms with Crippen molar-refractivity contribution in [3.8, 4) is 11.5 Å². The van der Waals surface area contributed by atoms with E-state index in [2.05, 4.69) is 5.32 Å². The summed E-state index contributed by atoms with van der Waals surface area (Å²) in [6.07, 6.45) is 0.564. The normalized spacial score (nSPS) is 11.5. The van der Waals surface area contributed by atoms with Crippen LogP contribution in [-0.4, -0.2) is 37.8 Å². The zero-order valence-electron chi connectivity index (χ0n) is 16.7. The van der Waals surface area contributed by atoms with Crippen LogP contribution in [0.2, 0.25) is 0 Å². The van der Waals surface area contributed by atoms with Crippen LogP contribution in [0.5, 0.6) is 11.5 Å². The van der Waals surface area contributed by atoms with Crippen LogP contribution in [0.3, 0.4) is 0 Å². The van der Waals surface area contributed by atoms with Crippen LogP contribution in [0.1, 0.15) is 36.4 Å². The average molecular weight is 401 g/mol. The highest BCUT2D eigenvalue weighted by Gasteiger charge is 2.19. The number of hydrogen-bond donors (Lipinski definition) is 2. The summed E-state index contributed by atoms with van der Waals surface area (Å²) in [6, 6.07) is 14.2. The first-order chi connectivity index (χ1) is 14.0. The molecule has 0 aliphatic carbocycles. The van der Waals surface area contributed by atoms with Gasteiger partial charge in [0.1, 0.15) is 0 Å². The van der Waals surface area contributed by atoms with Crippen molar-refractivity contribution in [2.24, 2.45) is 0 Å². The molecule has 0 unspecified atom stereocenters. The average Bonchev–Trinajstić information content (AvgIpc) is 2.73. The number of carbonyl (C=O) groups is 2. The number of aliphatic carboxylic acids is 1. The molecule has 0 aliphatic rings. The van der Waals surface area contributed by atoms with Crippen LogP contribution in [0.4, 0.5) is 0 Å². The van der Waals surface area contributed by atoms with E-state index in [0.29, 0.717) is 36.7 Å². The van der Waals surface area contributed by atoms with Crippen molar-refractivity contribution in [2.75, 3.05) is 20.8 Å². The maximum absolute atomic E-state index is 12.3. The fourth-order valence-corrected chi connectivity index (χ4v) is 2.86. The van der Waals surface area contributed by atoms with Crippen molar-refractivity contribution in [2.45, 2.75) is 31.9 Å². The number of rotatable bonds is 12. The van der Waals surface area contributed by atoms with Crippen molar-refractivity contribution in [1.82, 2.24) is 5.32 Å². The molecular weight excluding hydrogens is 374 g/mol. The smallest absolute Gasteiger partial charge is 0.305 e. The molecule has 7 nitrogen and oxygen atoms in total. The Bertz CT molecular complexity index is 793. The van der Waals surface area contributed by atoms with Gasteiger partial charge in [-0.2, -0.15) is 0 Å². The van der Waals surface area contributed by atoms with Crippen LogP contribution >= 0.6 is 0 Å². The monoisotopic (exact) mass is 401 g/mol. The fraction of sp³-hybridized carbons (Fsp3) is 0.364. The Morgan fingerprint density at radius 2 is 1.76 bits per heavy atom.